The van der Waals surface area contributed by atoms with Crippen molar-refractivity contribution in [1.82, 2.24) is 0 Å². The van der Waals surface area contributed by atoms with Crippen LogP contribution in [0.25, 0.3) is 0 Å². The molecule has 0 bridgehead atoms. The van der Waals surface area contributed by atoms with Crippen LogP contribution in [0, 0.1) is 0 Å². The van der Waals surface area contributed by atoms with Crippen molar-refractivity contribution in [3.8, 4) is 0 Å². The van der Waals surface area contributed by atoms with Gasteiger partial charge < -0.3 is 4.74 Å². The quantitative estimate of drug-likeness (QED) is 0.797. The summed E-state index contributed by atoms with van der Waals surface area (Å²) in [6.07, 6.45) is 0.650. The topological polar surface area (TPSA) is 55.4 Å². The van der Waals surface area contributed by atoms with Crippen LogP contribution in [0.4, 0.5) is 5.69 Å². The summed E-state index contributed by atoms with van der Waals surface area (Å²) in [7, 11) is -1.84. The summed E-state index contributed by atoms with van der Waals surface area (Å²) in [5.41, 5.74) is 1.44. The van der Waals surface area contributed by atoms with Crippen molar-refractivity contribution in [3.05, 3.63) is 29.8 Å². The molecule has 1 aromatic rings. The second-order valence-corrected chi connectivity index (χ2v) is 5.53. The van der Waals surface area contributed by atoms with Gasteiger partial charge in [-0.25, -0.2) is 8.42 Å². The Morgan fingerprint density at radius 1 is 1.38 bits per heavy atom. The average Bonchev–Trinajstić information content (AvgIpc) is 2.27. The predicted molar refractivity (Wildman–Crippen MR) is 65.3 cm³/mol. The Balaban J connectivity index is 2.86. The lowest BCUT2D eigenvalue weighted by molar-refractivity contribution is 0.202. The molecule has 1 aromatic carbocycles. The monoisotopic (exact) mass is 263 g/mol. The van der Waals surface area contributed by atoms with Crippen LogP contribution < -0.4 is 4.72 Å². The van der Waals surface area contributed by atoms with Crippen molar-refractivity contribution in [2.45, 2.75) is 6.42 Å². The summed E-state index contributed by atoms with van der Waals surface area (Å²) >= 11 is 5.32. The Morgan fingerprint density at radius 3 is 2.69 bits per heavy atom. The fourth-order valence-electron chi connectivity index (χ4n) is 1.24. The number of para-hydroxylation sites is 1. The molecule has 0 aromatic heterocycles. The number of sulfonamides is 1. The molecule has 4 nitrogen and oxygen atoms in total. The molecular formula is C10H14ClNO3S. The number of methoxy groups -OCH3 is 1. The van der Waals surface area contributed by atoms with Gasteiger partial charge in [0.15, 0.2) is 0 Å². The first kappa shape index (κ1) is 13.3. The van der Waals surface area contributed by atoms with E-state index in [1.165, 1.54) is 0 Å². The molecule has 6 heteroatoms. The molecule has 16 heavy (non-hydrogen) atoms. The summed E-state index contributed by atoms with van der Waals surface area (Å²) < 4.78 is 30.0. The zero-order chi connectivity index (χ0) is 12.0. The molecule has 0 unspecified atom stereocenters. The zero-order valence-corrected chi connectivity index (χ0v) is 10.5. The summed E-state index contributed by atoms with van der Waals surface area (Å²) in [5.74, 6) is 0. The van der Waals surface area contributed by atoms with Gasteiger partial charge in [0.05, 0.1) is 12.3 Å². The number of hydrogen-bond acceptors (Lipinski definition) is 3. The SMILES string of the molecule is COCCc1ccccc1NS(=O)(=O)CCl. The van der Waals surface area contributed by atoms with E-state index in [2.05, 4.69) is 4.72 Å². The Morgan fingerprint density at radius 2 is 2.06 bits per heavy atom. The zero-order valence-electron chi connectivity index (χ0n) is 8.94. The molecule has 0 spiro atoms. The molecule has 0 heterocycles. The van der Waals surface area contributed by atoms with Gasteiger partial charge in [0.1, 0.15) is 5.21 Å². The summed E-state index contributed by atoms with van der Waals surface area (Å²) in [5, 5.41) is -0.453. The van der Waals surface area contributed by atoms with Crippen molar-refractivity contribution >= 4 is 27.3 Å². The van der Waals surface area contributed by atoms with Crippen LogP contribution in [-0.4, -0.2) is 27.3 Å². The molecule has 0 saturated heterocycles. The molecule has 0 amide bonds. The van der Waals surface area contributed by atoms with E-state index in [4.69, 9.17) is 16.3 Å². The highest BCUT2D eigenvalue weighted by Gasteiger charge is 2.10. The van der Waals surface area contributed by atoms with E-state index in [-0.39, 0.29) is 0 Å². The van der Waals surface area contributed by atoms with Gasteiger partial charge in [0, 0.05) is 7.11 Å². The summed E-state index contributed by atoms with van der Waals surface area (Å²) in [4.78, 5) is 0. The fraction of sp³-hybridized carbons (Fsp3) is 0.400. The third kappa shape index (κ3) is 4.00. The maximum Gasteiger partial charge on any atom is 0.246 e. The minimum Gasteiger partial charge on any atom is -0.384 e. The molecule has 1 N–H and O–H groups in total. The fourth-order valence-corrected chi connectivity index (χ4v) is 2.00. The number of alkyl halides is 1. The van der Waals surface area contributed by atoms with Crippen molar-refractivity contribution in [3.63, 3.8) is 0 Å². The maximum absolute atomic E-state index is 11.3. The largest absolute Gasteiger partial charge is 0.384 e. The third-order valence-corrected chi connectivity index (χ3v) is 3.68. The van der Waals surface area contributed by atoms with Gasteiger partial charge in [-0.2, -0.15) is 0 Å². The molecule has 0 aliphatic carbocycles. The molecule has 0 atom stereocenters. The van der Waals surface area contributed by atoms with E-state index < -0.39 is 15.2 Å². The van der Waals surface area contributed by atoms with E-state index in [1.54, 1.807) is 19.2 Å². The van der Waals surface area contributed by atoms with Crippen molar-refractivity contribution < 1.29 is 13.2 Å². The van der Waals surface area contributed by atoms with Crippen molar-refractivity contribution in [2.24, 2.45) is 0 Å². The first-order valence-electron chi connectivity index (χ1n) is 4.72. The second-order valence-electron chi connectivity index (χ2n) is 3.23. The minimum absolute atomic E-state index is 0.453. The molecule has 0 fully saturated rings. The van der Waals surface area contributed by atoms with Gasteiger partial charge in [-0.1, -0.05) is 18.2 Å². The van der Waals surface area contributed by atoms with Crippen molar-refractivity contribution in [1.29, 1.82) is 0 Å². The highest BCUT2D eigenvalue weighted by Crippen LogP contribution is 2.17. The highest BCUT2D eigenvalue weighted by molar-refractivity contribution is 7.93. The number of anilines is 1. The van der Waals surface area contributed by atoms with E-state index in [0.717, 1.165) is 5.56 Å². The number of rotatable bonds is 6. The van der Waals surface area contributed by atoms with Crippen LogP contribution in [0.3, 0.4) is 0 Å². The molecule has 0 aliphatic heterocycles. The Bertz CT molecular complexity index is 433. The standard InChI is InChI=1S/C10H14ClNO3S/c1-15-7-6-9-4-2-3-5-10(9)12-16(13,14)8-11/h2-5,12H,6-8H2,1H3. The molecule has 0 aliphatic rings. The molecule has 90 valence electrons. The van der Waals surface area contributed by atoms with Crippen LogP contribution in [0.5, 0.6) is 0 Å². The van der Waals surface area contributed by atoms with Crippen LogP contribution >= 0.6 is 11.6 Å². The number of ether oxygens (including phenoxy) is 1. The van der Waals surface area contributed by atoms with E-state index in [9.17, 15) is 8.42 Å². The molecule has 1 rings (SSSR count). The smallest absolute Gasteiger partial charge is 0.246 e. The van der Waals surface area contributed by atoms with Crippen LogP contribution in [0.15, 0.2) is 24.3 Å². The first-order chi connectivity index (χ1) is 7.59. The van der Waals surface area contributed by atoms with E-state index in [0.29, 0.717) is 18.7 Å². The van der Waals surface area contributed by atoms with Crippen LogP contribution in [0.2, 0.25) is 0 Å². The normalized spacial score (nSPS) is 11.4. The van der Waals surface area contributed by atoms with Gasteiger partial charge in [0.2, 0.25) is 10.0 Å². The average molecular weight is 264 g/mol. The lowest BCUT2D eigenvalue weighted by atomic mass is 10.1. The molecular weight excluding hydrogens is 250 g/mol. The first-order valence-corrected chi connectivity index (χ1v) is 6.91. The number of hydrogen-bond donors (Lipinski definition) is 1. The third-order valence-electron chi connectivity index (χ3n) is 2.00. The Kier molecular flexibility index (Phi) is 5.05. The van der Waals surface area contributed by atoms with Gasteiger partial charge >= 0.3 is 0 Å². The van der Waals surface area contributed by atoms with Crippen LogP contribution in [0.1, 0.15) is 5.56 Å². The van der Waals surface area contributed by atoms with Crippen molar-refractivity contribution in [2.75, 3.05) is 23.7 Å². The maximum atomic E-state index is 11.3. The highest BCUT2D eigenvalue weighted by atomic mass is 35.5. The predicted octanol–water partition coefficient (Wildman–Crippen LogP) is 1.81. The molecule has 0 radical (unpaired) electrons. The summed E-state index contributed by atoms with van der Waals surface area (Å²) in [6.45, 7) is 0.541. The van der Waals surface area contributed by atoms with Gasteiger partial charge in [-0.15, -0.1) is 11.6 Å². The number of nitrogens with one attached hydrogen (secondary N) is 1. The summed E-state index contributed by atoms with van der Waals surface area (Å²) in [6, 6.07) is 7.17. The minimum atomic E-state index is -3.45. The van der Waals surface area contributed by atoms with Gasteiger partial charge in [0.25, 0.3) is 0 Å². The lowest BCUT2D eigenvalue weighted by Crippen LogP contribution is -2.15. The van der Waals surface area contributed by atoms with E-state index in [1.807, 2.05) is 12.1 Å². The number of halogens is 1. The van der Waals surface area contributed by atoms with Gasteiger partial charge in [-0.05, 0) is 18.1 Å². The van der Waals surface area contributed by atoms with Crippen LogP contribution in [-0.2, 0) is 21.2 Å². The van der Waals surface area contributed by atoms with E-state index >= 15 is 0 Å². The lowest BCUT2D eigenvalue weighted by Gasteiger charge is -2.10. The van der Waals surface area contributed by atoms with Gasteiger partial charge in [-0.3, -0.25) is 4.72 Å². The Hall–Kier alpha value is -0.780. The second kappa shape index (κ2) is 6.08. The Labute approximate surface area is 101 Å². The number of benzene rings is 1. The molecule has 0 saturated carbocycles.